The van der Waals surface area contributed by atoms with Crippen LogP contribution in [0.2, 0.25) is 0 Å². The third-order valence-electron chi connectivity index (χ3n) is 1.80. The normalized spacial score (nSPS) is 9.93. The second-order valence-corrected chi connectivity index (χ2v) is 2.92. The summed E-state index contributed by atoms with van der Waals surface area (Å²) in [6.45, 7) is 0. The fourth-order valence-electron chi connectivity index (χ4n) is 1.13. The lowest BCUT2D eigenvalue weighted by atomic mass is 10.3. The average Bonchev–Trinajstić information content (AvgIpc) is 2.25. The highest BCUT2D eigenvalue weighted by molar-refractivity contribution is 5.56. The number of nitrogens with zero attached hydrogens (tertiary/aromatic N) is 2. The highest BCUT2D eigenvalue weighted by Crippen LogP contribution is 2.16. The molecule has 1 aromatic carbocycles. The maximum absolute atomic E-state index is 13.2. The Balaban J connectivity index is 2.28. The van der Waals surface area contributed by atoms with Crippen LogP contribution in [-0.4, -0.2) is 9.97 Å². The first kappa shape index (κ1) is 9.39. The van der Waals surface area contributed by atoms with Crippen molar-refractivity contribution < 1.29 is 4.39 Å². The molecule has 0 saturated carbocycles. The Morgan fingerprint density at radius 3 is 2.67 bits per heavy atom. The number of hydrogen-bond acceptors (Lipinski definition) is 4. The van der Waals surface area contributed by atoms with Gasteiger partial charge in [0.05, 0.1) is 6.20 Å². The Morgan fingerprint density at radius 2 is 1.93 bits per heavy atom. The summed E-state index contributed by atoms with van der Waals surface area (Å²) < 4.78 is 13.2. The van der Waals surface area contributed by atoms with Crippen LogP contribution in [0.5, 0.6) is 0 Å². The van der Waals surface area contributed by atoms with E-state index in [0.29, 0.717) is 0 Å². The SMILES string of the molecule is Nc1ncc(F)c(Nc2ccccc2)n1. The van der Waals surface area contributed by atoms with Gasteiger partial charge in [0.15, 0.2) is 11.6 Å². The van der Waals surface area contributed by atoms with Crippen LogP contribution in [0.4, 0.5) is 21.8 Å². The second kappa shape index (κ2) is 3.91. The molecule has 0 saturated heterocycles. The predicted octanol–water partition coefficient (Wildman–Crippen LogP) is 1.94. The van der Waals surface area contributed by atoms with E-state index in [1.807, 2.05) is 18.2 Å². The Bertz CT molecular complexity index is 458. The lowest BCUT2D eigenvalue weighted by Gasteiger charge is -2.05. The van der Waals surface area contributed by atoms with E-state index in [9.17, 15) is 4.39 Å². The molecule has 15 heavy (non-hydrogen) atoms. The number of nitrogens with two attached hydrogens (primary N) is 1. The van der Waals surface area contributed by atoms with Gasteiger partial charge in [0.25, 0.3) is 0 Å². The number of nitrogens with one attached hydrogen (secondary N) is 1. The van der Waals surface area contributed by atoms with Crippen molar-refractivity contribution in [3.05, 3.63) is 42.3 Å². The van der Waals surface area contributed by atoms with Gasteiger partial charge in [-0.1, -0.05) is 18.2 Å². The third-order valence-corrected chi connectivity index (χ3v) is 1.80. The van der Waals surface area contributed by atoms with E-state index in [1.54, 1.807) is 12.1 Å². The quantitative estimate of drug-likeness (QED) is 0.784. The van der Waals surface area contributed by atoms with Gasteiger partial charge < -0.3 is 11.1 Å². The Hall–Kier alpha value is -2.17. The predicted molar refractivity (Wildman–Crippen MR) is 56.1 cm³/mol. The standard InChI is InChI=1S/C10H9FN4/c11-8-6-13-10(12)15-9(8)14-7-4-2-1-3-5-7/h1-6H,(H3,12,13,14,15). The maximum atomic E-state index is 13.2. The summed E-state index contributed by atoms with van der Waals surface area (Å²) in [5, 5.41) is 2.81. The summed E-state index contributed by atoms with van der Waals surface area (Å²) in [6, 6.07) is 9.15. The van der Waals surface area contributed by atoms with Crippen LogP contribution >= 0.6 is 0 Å². The average molecular weight is 204 g/mol. The molecule has 0 fully saturated rings. The minimum absolute atomic E-state index is 0.0369. The van der Waals surface area contributed by atoms with E-state index in [1.165, 1.54) is 0 Å². The molecule has 4 nitrogen and oxygen atoms in total. The molecule has 0 radical (unpaired) electrons. The Morgan fingerprint density at radius 1 is 1.20 bits per heavy atom. The van der Waals surface area contributed by atoms with Crippen LogP contribution in [0.1, 0.15) is 0 Å². The maximum Gasteiger partial charge on any atom is 0.222 e. The van der Waals surface area contributed by atoms with Crippen molar-refractivity contribution in [1.82, 2.24) is 9.97 Å². The fourth-order valence-corrected chi connectivity index (χ4v) is 1.13. The Kier molecular flexibility index (Phi) is 2.45. The highest BCUT2D eigenvalue weighted by Gasteiger charge is 2.04. The number of halogens is 1. The summed E-state index contributed by atoms with van der Waals surface area (Å²) in [6.07, 6.45) is 1.04. The van der Waals surface area contributed by atoms with Gasteiger partial charge in [0.2, 0.25) is 5.95 Å². The smallest absolute Gasteiger partial charge is 0.222 e. The highest BCUT2D eigenvalue weighted by atomic mass is 19.1. The topological polar surface area (TPSA) is 63.8 Å². The molecule has 1 heterocycles. The lowest BCUT2D eigenvalue weighted by molar-refractivity contribution is 0.620. The number of hydrogen-bond donors (Lipinski definition) is 2. The van der Waals surface area contributed by atoms with Crippen LogP contribution in [0, 0.1) is 5.82 Å². The fraction of sp³-hybridized carbons (Fsp3) is 0. The molecule has 0 unspecified atom stereocenters. The minimum Gasteiger partial charge on any atom is -0.368 e. The van der Waals surface area contributed by atoms with Gasteiger partial charge in [-0.15, -0.1) is 0 Å². The molecular weight excluding hydrogens is 195 g/mol. The number of para-hydroxylation sites is 1. The van der Waals surface area contributed by atoms with Crippen LogP contribution in [0.3, 0.4) is 0 Å². The van der Waals surface area contributed by atoms with E-state index in [2.05, 4.69) is 15.3 Å². The van der Waals surface area contributed by atoms with Gasteiger partial charge in [-0.05, 0) is 12.1 Å². The third kappa shape index (κ3) is 2.19. The van der Waals surface area contributed by atoms with Crippen LogP contribution < -0.4 is 11.1 Å². The zero-order valence-electron chi connectivity index (χ0n) is 7.81. The van der Waals surface area contributed by atoms with Crippen LogP contribution in [-0.2, 0) is 0 Å². The van der Waals surface area contributed by atoms with Gasteiger partial charge in [-0.25, -0.2) is 9.37 Å². The zero-order valence-corrected chi connectivity index (χ0v) is 7.81. The van der Waals surface area contributed by atoms with Gasteiger partial charge in [-0.3, -0.25) is 0 Å². The molecule has 2 aromatic rings. The van der Waals surface area contributed by atoms with Crippen molar-refractivity contribution >= 4 is 17.5 Å². The second-order valence-electron chi connectivity index (χ2n) is 2.92. The molecule has 2 rings (SSSR count). The molecule has 0 spiro atoms. The van der Waals surface area contributed by atoms with Crippen molar-refractivity contribution in [2.24, 2.45) is 0 Å². The minimum atomic E-state index is -0.534. The summed E-state index contributed by atoms with van der Waals surface area (Å²) in [5.74, 6) is -0.420. The van der Waals surface area contributed by atoms with E-state index in [-0.39, 0.29) is 11.8 Å². The first-order valence-electron chi connectivity index (χ1n) is 4.36. The molecule has 5 heteroatoms. The first-order valence-corrected chi connectivity index (χ1v) is 4.36. The molecule has 0 aliphatic rings. The molecule has 0 atom stereocenters. The monoisotopic (exact) mass is 204 g/mol. The zero-order chi connectivity index (χ0) is 10.7. The molecule has 0 aliphatic carbocycles. The largest absolute Gasteiger partial charge is 0.368 e. The van der Waals surface area contributed by atoms with E-state index >= 15 is 0 Å². The van der Waals surface area contributed by atoms with Crippen molar-refractivity contribution in [1.29, 1.82) is 0 Å². The van der Waals surface area contributed by atoms with E-state index in [0.717, 1.165) is 11.9 Å². The molecule has 0 amide bonds. The Labute approximate surface area is 86.0 Å². The molecule has 76 valence electrons. The molecule has 1 aromatic heterocycles. The summed E-state index contributed by atoms with van der Waals surface area (Å²) in [4.78, 5) is 7.28. The molecule has 0 aliphatic heterocycles. The lowest BCUT2D eigenvalue weighted by Crippen LogP contribution is -2.02. The van der Waals surface area contributed by atoms with Crippen molar-refractivity contribution in [3.8, 4) is 0 Å². The van der Waals surface area contributed by atoms with Gasteiger partial charge in [-0.2, -0.15) is 4.98 Å². The van der Waals surface area contributed by atoms with Gasteiger partial charge in [0, 0.05) is 5.69 Å². The van der Waals surface area contributed by atoms with E-state index < -0.39 is 5.82 Å². The molecular formula is C10H9FN4. The number of nitrogen functional groups attached to an aromatic ring is 1. The molecule has 3 N–H and O–H groups in total. The molecule has 0 bridgehead atoms. The number of anilines is 3. The number of benzene rings is 1. The van der Waals surface area contributed by atoms with Gasteiger partial charge >= 0.3 is 0 Å². The summed E-state index contributed by atoms with van der Waals surface area (Å²) in [7, 11) is 0. The first-order chi connectivity index (χ1) is 7.25. The van der Waals surface area contributed by atoms with Crippen molar-refractivity contribution in [2.75, 3.05) is 11.1 Å². The van der Waals surface area contributed by atoms with E-state index in [4.69, 9.17) is 5.73 Å². The summed E-state index contributed by atoms with van der Waals surface area (Å²) >= 11 is 0. The number of aromatic nitrogens is 2. The van der Waals surface area contributed by atoms with Crippen molar-refractivity contribution in [3.63, 3.8) is 0 Å². The van der Waals surface area contributed by atoms with Gasteiger partial charge in [0.1, 0.15) is 0 Å². The van der Waals surface area contributed by atoms with Crippen LogP contribution in [0.15, 0.2) is 36.5 Å². The summed E-state index contributed by atoms with van der Waals surface area (Å²) in [5.41, 5.74) is 6.10. The van der Waals surface area contributed by atoms with Crippen molar-refractivity contribution in [2.45, 2.75) is 0 Å². The number of rotatable bonds is 2. The van der Waals surface area contributed by atoms with Crippen LogP contribution in [0.25, 0.3) is 0 Å².